The van der Waals surface area contributed by atoms with E-state index in [2.05, 4.69) is 15.5 Å². The summed E-state index contributed by atoms with van der Waals surface area (Å²) >= 11 is 1.49. The molecule has 0 spiro atoms. The molecule has 1 saturated heterocycles. The van der Waals surface area contributed by atoms with E-state index in [1.54, 1.807) is 0 Å². The third-order valence-electron chi connectivity index (χ3n) is 4.87. The van der Waals surface area contributed by atoms with Crippen LogP contribution in [0.4, 0.5) is 10.5 Å². The van der Waals surface area contributed by atoms with Gasteiger partial charge in [-0.05, 0) is 48.6 Å². The first-order valence-electron chi connectivity index (χ1n) is 9.20. The predicted octanol–water partition coefficient (Wildman–Crippen LogP) is 2.94. The van der Waals surface area contributed by atoms with Crippen LogP contribution in [0.5, 0.6) is 0 Å². The van der Waals surface area contributed by atoms with Crippen molar-refractivity contribution in [1.82, 2.24) is 15.1 Å². The van der Waals surface area contributed by atoms with Gasteiger partial charge in [0, 0.05) is 45.0 Å². The average molecular weight is 387 g/mol. The summed E-state index contributed by atoms with van der Waals surface area (Å²) in [6, 6.07) is 9.47. The van der Waals surface area contributed by atoms with E-state index in [9.17, 15) is 9.59 Å². The van der Waals surface area contributed by atoms with E-state index in [1.807, 2.05) is 54.5 Å². The van der Waals surface area contributed by atoms with Crippen molar-refractivity contribution in [3.05, 3.63) is 51.7 Å². The molecule has 1 fully saturated rings. The van der Waals surface area contributed by atoms with Crippen LogP contribution < -0.4 is 10.6 Å². The van der Waals surface area contributed by atoms with Gasteiger partial charge < -0.3 is 15.5 Å². The van der Waals surface area contributed by atoms with Crippen LogP contribution in [-0.2, 0) is 0 Å². The maximum absolute atomic E-state index is 12.3. The molecule has 1 aromatic carbocycles. The minimum absolute atomic E-state index is 0.121. The molecule has 2 aromatic rings. The highest BCUT2D eigenvalue weighted by Crippen LogP contribution is 2.14. The number of aryl methyl sites for hydroxylation is 2. The lowest BCUT2D eigenvalue weighted by atomic mass is 10.1. The number of hydrogen-bond donors (Lipinski definition) is 2. The van der Waals surface area contributed by atoms with Crippen molar-refractivity contribution < 1.29 is 9.59 Å². The Bertz CT molecular complexity index is 783. The maximum Gasteiger partial charge on any atom is 0.319 e. The van der Waals surface area contributed by atoms with E-state index in [0.29, 0.717) is 6.54 Å². The molecule has 2 N–H and O–H groups in total. The van der Waals surface area contributed by atoms with E-state index >= 15 is 0 Å². The lowest BCUT2D eigenvalue weighted by Crippen LogP contribution is -2.50. The molecule has 1 aliphatic heterocycles. The molecule has 3 amide bonds. The second-order valence-electron chi connectivity index (χ2n) is 6.79. The number of carbonyl (C=O) groups excluding carboxylic acids is 2. The van der Waals surface area contributed by atoms with Gasteiger partial charge >= 0.3 is 6.03 Å². The van der Waals surface area contributed by atoms with E-state index in [1.165, 1.54) is 16.9 Å². The molecule has 1 aromatic heterocycles. The van der Waals surface area contributed by atoms with Gasteiger partial charge in [-0.1, -0.05) is 12.1 Å². The molecule has 2 heterocycles. The molecule has 1 aliphatic rings. The van der Waals surface area contributed by atoms with Crippen molar-refractivity contribution in [2.75, 3.05) is 44.6 Å². The van der Waals surface area contributed by atoms with Crippen molar-refractivity contribution >= 4 is 29.0 Å². The average Bonchev–Trinajstić information content (AvgIpc) is 3.19. The van der Waals surface area contributed by atoms with Crippen LogP contribution in [0.2, 0.25) is 0 Å². The first-order valence-corrected chi connectivity index (χ1v) is 10.1. The molecular formula is C20H26N4O2S. The number of benzene rings is 1. The third kappa shape index (κ3) is 5.30. The molecule has 0 atom stereocenters. The number of piperazine rings is 1. The maximum atomic E-state index is 12.3. The van der Waals surface area contributed by atoms with Crippen LogP contribution in [0, 0.1) is 13.8 Å². The van der Waals surface area contributed by atoms with Gasteiger partial charge in [0.25, 0.3) is 5.91 Å². The van der Waals surface area contributed by atoms with Crippen LogP contribution in [0.15, 0.2) is 35.7 Å². The first-order chi connectivity index (χ1) is 13.0. The Morgan fingerprint density at radius 3 is 2.52 bits per heavy atom. The van der Waals surface area contributed by atoms with E-state index < -0.39 is 0 Å². The van der Waals surface area contributed by atoms with Crippen LogP contribution in [0.3, 0.4) is 0 Å². The van der Waals surface area contributed by atoms with Gasteiger partial charge in [-0.3, -0.25) is 9.69 Å². The minimum atomic E-state index is -0.190. The van der Waals surface area contributed by atoms with Gasteiger partial charge in [-0.15, -0.1) is 11.3 Å². The van der Waals surface area contributed by atoms with Crippen LogP contribution in [0.1, 0.15) is 20.8 Å². The number of hydrogen-bond acceptors (Lipinski definition) is 4. The molecule has 144 valence electrons. The Morgan fingerprint density at radius 2 is 1.85 bits per heavy atom. The van der Waals surface area contributed by atoms with E-state index in [4.69, 9.17) is 0 Å². The normalized spacial score (nSPS) is 14.8. The van der Waals surface area contributed by atoms with Gasteiger partial charge in [-0.2, -0.15) is 0 Å². The monoisotopic (exact) mass is 386 g/mol. The Balaban J connectivity index is 1.36. The Labute approximate surface area is 164 Å². The Morgan fingerprint density at radius 1 is 1.07 bits per heavy atom. The summed E-state index contributed by atoms with van der Waals surface area (Å²) < 4.78 is 0. The summed E-state index contributed by atoms with van der Waals surface area (Å²) in [5.74, 6) is 0.121. The first kappa shape index (κ1) is 19.4. The zero-order chi connectivity index (χ0) is 19.2. The third-order valence-corrected chi connectivity index (χ3v) is 5.73. The molecule has 0 bridgehead atoms. The number of anilines is 1. The quantitative estimate of drug-likeness (QED) is 0.830. The fourth-order valence-electron chi connectivity index (χ4n) is 3.05. The summed E-state index contributed by atoms with van der Waals surface area (Å²) in [5.41, 5.74) is 3.16. The summed E-state index contributed by atoms with van der Waals surface area (Å²) in [4.78, 5) is 29.3. The van der Waals surface area contributed by atoms with Gasteiger partial charge in [0.15, 0.2) is 0 Å². The number of nitrogens with one attached hydrogen (secondary N) is 2. The van der Waals surface area contributed by atoms with Gasteiger partial charge in [-0.25, -0.2) is 4.79 Å². The molecule has 3 rings (SSSR count). The highest BCUT2D eigenvalue weighted by molar-refractivity contribution is 7.12. The minimum Gasteiger partial charge on any atom is -0.337 e. The fourth-order valence-corrected chi connectivity index (χ4v) is 3.74. The summed E-state index contributed by atoms with van der Waals surface area (Å²) in [6.45, 7) is 8.55. The van der Waals surface area contributed by atoms with Gasteiger partial charge in [0.1, 0.15) is 0 Å². The van der Waals surface area contributed by atoms with Gasteiger partial charge in [0.05, 0.1) is 4.88 Å². The van der Waals surface area contributed by atoms with Gasteiger partial charge in [0.2, 0.25) is 0 Å². The van der Waals surface area contributed by atoms with Crippen LogP contribution in [0.25, 0.3) is 0 Å². The zero-order valence-corrected chi connectivity index (χ0v) is 16.6. The molecule has 7 heteroatoms. The predicted molar refractivity (Wildman–Crippen MR) is 110 cm³/mol. The number of nitrogens with zero attached hydrogens (tertiary/aromatic N) is 2. The lowest BCUT2D eigenvalue weighted by molar-refractivity contribution is 0.0644. The number of thiophene rings is 1. The zero-order valence-electron chi connectivity index (χ0n) is 15.8. The topological polar surface area (TPSA) is 64.7 Å². The molecule has 0 unspecified atom stereocenters. The fraction of sp³-hybridized carbons (Fsp3) is 0.400. The van der Waals surface area contributed by atoms with E-state index in [0.717, 1.165) is 48.9 Å². The van der Waals surface area contributed by atoms with Crippen molar-refractivity contribution in [3.63, 3.8) is 0 Å². The summed E-state index contributed by atoms with van der Waals surface area (Å²) in [6.07, 6.45) is 0. The number of carbonyl (C=O) groups is 2. The number of rotatable bonds is 5. The second-order valence-corrected chi connectivity index (χ2v) is 7.74. The second kappa shape index (κ2) is 9.01. The Kier molecular flexibility index (Phi) is 6.47. The van der Waals surface area contributed by atoms with Crippen LogP contribution in [-0.4, -0.2) is 61.0 Å². The van der Waals surface area contributed by atoms with Crippen molar-refractivity contribution in [3.8, 4) is 0 Å². The van der Waals surface area contributed by atoms with Crippen molar-refractivity contribution in [2.24, 2.45) is 0 Å². The lowest BCUT2D eigenvalue weighted by Gasteiger charge is -2.34. The number of amides is 3. The molecule has 27 heavy (non-hydrogen) atoms. The van der Waals surface area contributed by atoms with Crippen molar-refractivity contribution in [1.29, 1.82) is 0 Å². The largest absolute Gasteiger partial charge is 0.337 e. The molecular weight excluding hydrogens is 360 g/mol. The molecule has 6 nitrogen and oxygen atoms in total. The highest BCUT2D eigenvalue weighted by Gasteiger charge is 2.22. The highest BCUT2D eigenvalue weighted by atomic mass is 32.1. The Hall–Kier alpha value is -2.38. The molecule has 0 saturated carbocycles. The van der Waals surface area contributed by atoms with Crippen molar-refractivity contribution in [2.45, 2.75) is 13.8 Å². The van der Waals surface area contributed by atoms with Crippen LogP contribution >= 0.6 is 11.3 Å². The smallest absolute Gasteiger partial charge is 0.319 e. The van der Waals surface area contributed by atoms with E-state index in [-0.39, 0.29) is 11.9 Å². The summed E-state index contributed by atoms with van der Waals surface area (Å²) in [5, 5.41) is 7.69. The summed E-state index contributed by atoms with van der Waals surface area (Å²) in [7, 11) is 0. The molecule has 0 radical (unpaired) electrons. The standard InChI is InChI=1S/C20H26N4O2S/c1-15-5-6-17(14-16(15)2)22-20(26)21-7-8-23-9-11-24(12-10-23)19(25)18-4-3-13-27-18/h3-6,13-14H,7-12H2,1-2H3,(H2,21,22,26). The molecule has 0 aliphatic carbocycles. The number of urea groups is 1. The SMILES string of the molecule is Cc1ccc(NC(=O)NCCN2CCN(C(=O)c3cccs3)CC2)cc1C.